The summed E-state index contributed by atoms with van der Waals surface area (Å²) in [5, 5.41) is 0. The molecule has 1 saturated carbocycles. The van der Waals surface area contributed by atoms with Crippen molar-refractivity contribution in [3.63, 3.8) is 0 Å². The molecule has 4 heteroatoms. The van der Waals surface area contributed by atoms with E-state index in [4.69, 9.17) is 0 Å². The lowest BCUT2D eigenvalue weighted by Crippen LogP contribution is -2.47. The summed E-state index contributed by atoms with van der Waals surface area (Å²) in [6.07, 6.45) is 8.52. The molecular formula is C16H30N2OS. The van der Waals surface area contributed by atoms with Crippen LogP contribution in [0.15, 0.2) is 0 Å². The van der Waals surface area contributed by atoms with Crippen molar-refractivity contribution < 1.29 is 4.79 Å². The molecule has 20 heavy (non-hydrogen) atoms. The van der Waals surface area contributed by atoms with Crippen molar-refractivity contribution >= 4 is 17.7 Å². The molecule has 2 fully saturated rings. The first-order valence-corrected chi connectivity index (χ1v) is 9.34. The van der Waals surface area contributed by atoms with E-state index >= 15 is 0 Å². The maximum Gasteiger partial charge on any atom is 0.223 e. The van der Waals surface area contributed by atoms with Crippen LogP contribution in [0, 0.1) is 5.92 Å². The predicted molar refractivity (Wildman–Crippen MR) is 87.2 cm³/mol. The van der Waals surface area contributed by atoms with Gasteiger partial charge in [-0.1, -0.05) is 19.3 Å². The standard InChI is InChI=1S/C16H30N2OS/c1-17(2)12-15-13-20-10-6-9-18(15)16(19)11-14-7-4-3-5-8-14/h14-15H,3-13H2,1-2H3. The van der Waals surface area contributed by atoms with Crippen molar-refractivity contribution in [2.75, 3.05) is 38.7 Å². The quantitative estimate of drug-likeness (QED) is 0.797. The van der Waals surface area contributed by atoms with Gasteiger partial charge in [0.15, 0.2) is 0 Å². The van der Waals surface area contributed by atoms with Gasteiger partial charge in [0.05, 0.1) is 6.04 Å². The molecule has 0 N–H and O–H groups in total. The van der Waals surface area contributed by atoms with Crippen molar-refractivity contribution in [3.05, 3.63) is 0 Å². The van der Waals surface area contributed by atoms with E-state index in [0.29, 0.717) is 17.9 Å². The lowest BCUT2D eigenvalue weighted by Gasteiger charge is -2.33. The Bertz CT molecular complexity index is 303. The first-order valence-electron chi connectivity index (χ1n) is 8.18. The minimum Gasteiger partial charge on any atom is -0.338 e. The van der Waals surface area contributed by atoms with Crippen LogP contribution in [0.1, 0.15) is 44.9 Å². The fourth-order valence-corrected chi connectivity index (χ4v) is 4.54. The van der Waals surface area contributed by atoms with Crippen molar-refractivity contribution in [1.29, 1.82) is 0 Å². The molecule has 0 aromatic rings. The second-order valence-electron chi connectivity index (χ2n) is 6.64. The highest BCUT2D eigenvalue weighted by Gasteiger charge is 2.28. The van der Waals surface area contributed by atoms with Crippen LogP contribution in [0.5, 0.6) is 0 Å². The molecule has 2 aliphatic rings. The van der Waals surface area contributed by atoms with Crippen molar-refractivity contribution in [2.24, 2.45) is 5.92 Å². The van der Waals surface area contributed by atoms with Gasteiger partial charge < -0.3 is 9.80 Å². The Hall–Kier alpha value is -0.220. The highest BCUT2D eigenvalue weighted by Crippen LogP contribution is 2.28. The summed E-state index contributed by atoms with van der Waals surface area (Å²) in [7, 11) is 4.22. The summed E-state index contributed by atoms with van der Waals surface area (Å²) in [6, 6.07) is 0.411. The largest absolute Gasteiger partial charge is 0.338 e. The lowest BCUT2D eigenvalue weighted by atomic mass is 9.86. The molecule has 0 aromatic heterocycles. The van der Waals surface area contributed by atoms with Crippen LogP contribution in [0.25, 0.3) is 0 Å². The van der Waals surface area contributed by atoms with Gasteiger partial charge in [0.2, 0.25) is 5.91 Å². The second-order valence-corrected chi connectivity index (χ2v) is 7.79. The number of amides is 1. The molecule has 1 saturated heterocycles. The van der Waals surface area contributed by atoms with E-state index < -0.39 is 0 Å². The molecule has 3 nitrogen and oxygen atoms in total. The molecule has 1 aliphatic carbocycles. The Morgan fingerprint density at radius 1 is 1.20 bits per heavy atom. The summed E-state index contributed by atoms with van der Waals surface area (Å²) >= 11 is 2.01. The molecular weight excluding hydrogens is 268 g/mol. The topological polar surface area (TPSA) is 23.6 Å². The average molecular weight is 298 g/mol. The number of likely N-dealkylation sites (N-methyl/N-ethyl adjacent to an activating group) is 1. The van der Waals surface area contributed by atoms with Gasteiger partial charge in [0.1, 0.15) is 0 Å². The molecule has 116 valence electrons. The molecule has 1 aliphatic heterocycles. The van der Waals surface area contributed by atoms with Crippen LogP contribution >= 0.6 is 11.8 Å². The molecule has 0 spiro atoms. The lowest BCUT2D eigenvalue weighted by molar-refractivity contribution is -0.134. The van der Waals surface area contributed by atoms with Crippen molar-refractivity contribution in [2.45, 2.75) is 51.0 Å². The number of hydrogen-bond acceptors (Lipinski definition) is 3. The van der Waals surface area contributed by atoms with Gasteiger partial charge in [0.25, 0.3) is 0 Å². The third kappa shape index (κ3) is 4.96. The highest BCUT2D eigenvalue weighted by atomic mass is 32.2. The zero-order valence-electron chi connectivity index (χ0n) is 13.1. The fourth-order valence-electron chi connectivity index (χ4n) is 3.49. The smallest absolute Gasteiger partial charge is 0.223 e. The summed E-state index contributed by atoms with van der Waals surface area (Å²) < 4.78 is 0. The molecule has 1 amide bonds. The molecule has 1 atom stereocenters. The van der Waals surface area contributed by atoms with Gasteiger partial charge >= 0.3 is 0 Å². The van der Waals surface area contributed by atoms with E-state index in [1.807, 2.05) is 11.8 Å². The Balaban J connectivity index is 1.92. The first kappa shape index (κ1) is 16.2. The molecule has 1 unspecified atom stereocenters. The third-order valence-corrected chi connectivity index (χ3v) is 5.72. The minimum atomic E-state index is 0.411. The highest BCUT2D eigenvalue weighted by molar-refractivity contribution is 7.99. The average Bonchev–Trinajstić information content (AvgIpc) is 2.64. The van der Waals surface area contributed by atoms with Crippen molar-refractivity contribution in [1.82, 2.24) is 9.80 Å². The number of hydrogen-bond donors (Lipinski definition) is 0. The number of carbonyl (C=O) groups is 1. The van der Waals surface area contributed by atoms with Crippen molar-refractivity contribution in [3.8, 4) is 0 Å². The van der Waals surface area contributed by atoms with E-state index in [9.17, 15) is 4.79 Å². The maximum absolute atomic E-state index is 12.7. The van der Waals surface area contributed by atoms with Gasteiger partial charge in [-0.2, -0.15) is 11.8 Å². The number of thioether (sulfide) groups is 1. The fraction of sp³-hybridized carbons (Fsp3) is 0.938. The van der Waals surface area contributed by atoms with E-state index in [1.165, 1.54) is 37.9 Å². The second kappa shape index (κ2) is 8.28. The van der Waals surface area contributed by atoms with Crippen LogP contribution in [0.3, 0.4) is 0 Å². The normalized spacial score (nSPS) is 25.8. The van der Waals surface area contributed by atoms with Crippen LogP contribution in [-0.2, 0) is 4.79 Å². The molecule has 0 radical (unpaired) electrons. The van der Waals surface area contributed by atoms with Gasteiger partial charge in [-0.3, -0.25) is 4.79 Å². The number of nitrogens with zero attached hydrogens (tertiary/aromatic N) is 2. The zero-order chi connectivity index (χ0) is 14.4. The molecule has 0 aromatic carbocycles. The van der Waals surface area contributed by atoms with Crippen LogP contribution in [0.2, 0.25) is 0 Å². The van der Waals surface area contributed by atoms with Gasteiger partial charge in [-0.15, -0.1) is 0 Å². The Morgan fingerprint density at radius 3 is 2.65 bits per heavy atom. The van der Waals surface area contributed by atoms with Gasteiger partial charge in [0, 0.05) is 25.3 Å². The van der Waals surface area contributed by atoms with E-state index in [2.05, 4.69) is 23.9 Å². The van der Waals surface area contributed by atoms with E-state index in [1.54, 1.807) is 0 Å². The van der Waals surface area contributed by atoms with Crippen LogP contribution in [-0.4, -0.2) is 60.4 Å². The van der Waals surface area contributed by atoms with E-state index in [-0.39, 0.29) is 0 Å². The Labute approximate surface area is 128 Å². The van der Waals surface area contributed by atoms with Crippen LogP contribution in [0.4, 0.5) is 0 Å². The minimum absolute atomic E-state index is 0.411. The first-order chi connectivity index (χ1) is 9.66. The SMILES string of the molecule is CN(C)CC1CSCCCN1C(=O)CC1CCCCC1. The molecule has 0 bridgehead atoms. The Kier molecular flexibility index (Phi) is 6.69. The summed E-state index contributed by atoms with van der Waals surface area (Å²) in [5.41, 5.74) is 0. The maximum atomic E-state index is 12.7. The third-order valence-electron chi connectivity index (χ3n) is 4.52. The zero-order valence-corrected chi connectivity index (χ0v) is 14.0. The Morgan fingerprint density at radius 2 is 1.95 bits per heavy atom. The van der Waals surface area contributed by atoms with Crippen LogP contribution < -0.4 is 0 Å². The number of rotatable bonds is 4. The number of carbonyl (C=O) groups excluding carboxylic acids is 1. The van der Waals surface area contributed by atoms with E-state index in [0.717, 1.165) is 31.7 Å². The molecule has 1 heterocycles. The predicted octanol–water partition coefficient (Wildman–Crippen LogP) is 2.85. The summed E-state index contributed by atoms with van der Waals surface area (Å²) in [4.78, 5) is 17.1. The monoisotopic (exact) mass is 298 g/mol. The van der Waals surface area contributed by atoms with Gasteiger partial charge in [-0.05, 0) is 45.0 Å². The summed E-state index contributed by atoms with van der Waals surface area (Å²) in [5.74, 6) is 3.39. The summed E-state index contributed by atoms with van der Waals surface area (Å²) in [6.45, 7) is 1.97. The molecule has 2 rings (SSSR count). The van der Waals surface area contributed by atoms with Gasteiger partial charge in [-0.25, -0.2) is 0 Å².